The number of aromatic nitrogens is 1. The lowest BCUT2D eigenvalue weighted by Gasteiger charge is -2.26. The monoisotopic (exact) mass is 608 g/mol. The lowest BCUT2D eigenvalue weighted by atomic mass is 9.88. The number of rotatable bonds is 11. The number of nitrogens with one attached hydrogen (secondary N) is 2. The summed E-state index contributed by atoms with van der Waals surface area (Å²) in [6, 6.07) is 9.29. The van der Waals surface area contributed by atoms with Crippen molar-refractivity contribution in [3.8, 4) is 11.1 Å². The van der Waals surface area contributed by atoms with Gasteiger partial charge in [-0.25, -0.2) is 18.0 Å². The number of pyridine rings is 1. The van der Waals surface area contributed by atoms with Crippen LogP contribution in [-0.2, 0) is 35.7 Å². The third-order valence-corrected chi connectivity index (χ3v) is 8.69. The van der Waals surface area contributed by atoms with Gasteiger partial charge in [0.05, 0.1) is 15.7 Å². The van der Waals surface area contributed by atoms with Crippen molar-refractivity contribution in [2.45, 2.75) is 51.3 Å². The van der Waals surface area contributed by atoms with Gasteiger partial charge in [0.2, 0.25) is 0 Å². The predicted molar refractivity (Wildman–Crippen MR) is 157 cm³/mol. The second-order valence-electron chi connectivity index (χ2n) is 10.3. The first-order valence-electron chi connectivity index (χ1n) is 12.6. The number of aryl methyl sites for hydroxylation is 1. The first-order valence-corrected chi connectivity index (χ1v) is 15.2. The van der Waals surface area contributed by atoms with Crippen molar-refractivity contribution < 1.29 is 22.2 Å². The highest BCUT2D eigenvalue weighted by Crippen LogP contribution is 2.36. The SMILES string of the molecule is CC[C@H](N[S@@](=O)C(C)(C)C)c1cc(=O)n(C)cc1-c1cc(CCNS(=O)[O-])c(Cl)cc1C(=O)c1ccc(F)cc1. The first kappa shape index (κ1) is 32.0. The van der Waals surface area contributed by atoms with E-state index in [0.717, 1.165) is 0 Å². The Balaban J connectivity index is 2.28. The first-order chi connectivity index (χ1) is 18.7. The third kappa shape index (κ3) is 7.80. The molecule has 216 valence electrons. The molecule has 3 rings (SSSR count). The number of hydrogen-bond donors (Lipinski definition) is 2. The molecule has 0 radical (unpaired) electrons. The van der Waals surface area contributed by atoms with Gasteiger partial charge in [0.15, 0.2) is 5.78 Å². The summed E-state index contributed by atoms with van der Waals surface area (Å²) in [6.07, 6.45) is 2.33. The molecule has 0 saturated heterocycles. The van der Waals surface area contributed by atoms with Crippen molar-refractivity contribution >= 4 is 39.6 Å². The second-order valence-corrected chi connectivity index (χ2v) is 13.4. The zero-order valence-electron chi connectivity index (χ0n) is 22.9. The number of nitrogens with zero attached hydrogens (tertiary/aromatic N) is 1. The Morgan fingerprint density at radius 2 is 1.77 bits per heavy atom. The summed E-state index contributed by atoms with van der Waals surface area (Å²) in [6.45, 7) is 7.47. The molecule has 0 aliphatic heterocycles. The van der Waals surface area contributed by atoms with E-state index in [9.17, 15) is 27.0 Å². The fraction of sp³-hybridized carbons (Fsp3) is 0.357. The molecular weight excluding hydrogens is 577 g/mol. The molecule has 1 heterocycles. The Morgan fingerprint density at radius 1 is 1.12 bits per heavy atom. The molecule has 1 aromatic heterocycles. The van der Waals surface area contributed by atoms with Crippen molar-refractivity contribution in [1.82, 2.24) is 14.0 Å². The molecule has 0 bridgehead atoms. The number of carbonyl (C=O) groups excluding carboxylic acids is 1. The number of halogens is 2. The zero-order valence-corrected chi connectivity index (χ0v) is 25.3. The van der Waals surface area contributed by atoms with Crippen molar-refractivity contribution in [1.29, 1.82) is 0 Å². The molecule has 3 atom stereocenters. The van der Waals surface area contributed by atoms with Gasteiger partial charge in [-0.05, 0) is 86.7 Å². The number of carbonyl (C=O) groups is 1. The highest BCUT2D eigenvalue weighted by atomic mass is 35.5. The minimum Gasteiger partial charge on any atom is -0.760 e. The Bertz CT molecular complexity index is 1500. The third-order valence-electron chi connectivity index (χ3n) is 6.29. The van der Waals surface area contributed by atoms with Gasteiger partial charge in [0.1, 0.15) is 5.82 Å². The average Bonchev–Trinajstić information content (AvgIpc) is 2.88. The van der Waals surface area contributed by atoms with E-state index in [-0.39, 0.29) is 34.7 Å². The van der Waals surface area contributed by atoms with Crippen LogP contribution in [-0.4, -0.2) is 34.6 Å². The molecule has 8 nitrogen and oxygen atoms in total. The van der Waals surface area contributed by atoms with Crippen LogP contribution >= 0.6 is 11.6 Å². The summed E-state index contributed by atoms with van der Waals surface area (Å²) >= 11 is 4.11. The van der Waals surface area contributed by atoms with Gasteiger partial charge in [-0.15, -0.1) is 0 Å². The molecule has 0 saturated carbocycles. The molecule has 0 fully saturated rings. The van der Waals surface area contributed by atoms with Crippen molar-refractivity contribution in [3.63, 3.8) is 0 Å². The molecule has 2 N–H and O–H groups in total. The van der Waals surface area contributed by atoms with Crippen LogP contribution in [0.5, 0.6) is 0 Å². The van der Waals surface area contributed by atoms with Crippen LogP contribution in [0.3, 0.4) is 0 Å². The number of benzene rings is 2. The van der Waals surface area contributed by atoms with Crippen LogP contribution in [0.4, 0.5) is 4.39 Å². The van der Waals surface area contributed by atoms with E-state index >= 15 is 0 Å². The minimum absolute atomic E-state index is 0.0738. The predicted octanol–water partition coefficient (Wildman–Crippen LogP) is 4.50. The standard InChI is InChI=1S/C28H33ClFN3O5S2/c1-6-25(32-39(36)28(2,3)4)21-15-26(34)33(5)16-23(21)20-13-18(11-12-31-40(37)38)24(29)14-22(20)27(35)17-7-9-19(30)10-8-17/h7-10,13-16,25,31-32H,6,11-12H2,1-5H3,(H,37,38)/p-1/t25-,39-/m0/s1. The van der Waals surface area contributed by atoms with Crippen LogP contribution in [0.15, 0.2) is 53.5 Å². The van der Waals surface area contributed by atoms with E-state index in [4.69, 9.17) is 11.6 Å². The Kier molecular flexibility index (Phi) is 10.7. The summed E-state index contributed by atoms with van der Waals surface area (Å²) in [7, 11) is 0.130. The normalized spacial score (nSPS) is 14.1. The molecule has 0 spiro atoms. The van der Waals surface area contributed by atoms with E-state index in [0.29, 0.717) is 28.7 Å². The summed E-state index contributed by atoms with van der Waals surface area (Å²) in [5.41, 5.74) is 2.27. The smallest absolute Gasteiger partial charge is 0.250 e. The van der Waals surface area contributed by atoms with Gasteiger partial charge in [-0.2, -0.15) is 0 Å². The molecular formula is C28H32ClFN3O5S2-. The van der Waals surface area contributed by atoms with Crippen LogP contribution in [0.25, 0.3) is 11.1 Å². The van der Waals surface area contributed by atoms with Gasteiger partial charge < -0.3 is 9.12 Å². The lowest BCUT2D eigenvalue weighted by molar-refractivity contribution is 0.103. The van der Waals surface area contributed by atoms with Gasteiger partial charge in [-0.3, -0.25) is 13.8 Å². The molecule has 3 aromatic rings. The van der Waals surface area contributed by atoms with E-state index in [1.165, 1.54) is 41.0 Å². The van der Waals surface area contributed by atoms with E-state index in [1.807, 2.05) is 27.7 Å². The van der Waals surface area contributed by atoms with E-state index in [2.05, 4.69) is 9.44 Å². The Labute approximate surface area is 243 Å². The topological polar surface area (TPSA) is 120 Å². The van der Waals surface area contributed by atoms with Crippen molar-refractivity contribution in [2.75, 3.05) is 6.54 Å². The number of ketones is 1. The maximum atomic E-state index is 13.7. The summed E-state index contributed by atoms with van der Waals surface area (Å²) in [5.74, 6) is -0.904. The van der Waals surface area contributed by atoms with Gasteiger partial charge in [-0.1, -0.05) is 18.5 Å². The summed E-state index contributed by atoms with van der Waals surface area (Å²) in [4.78, 5) is 26.5. The molecule has 12 heteroatoms. The number of hydrogen-bond acceptors (Lipinski definition) is 5. The van der Waals surface area contributed by atoms with E-state index < -0.39 is 44.6 Å². The highest BCUT2D eigenvalue weighted by Gasteiger charge is 2.27. The summed E-state index contributed by atoms with van der Waals surface area (Å²) in [5, 5.41) is 0.248. The molecule has 1 unspecified atom stereocenters. The van der Waals surface area contributed by atoms with Crippen LogP contribution < -0.4 is 15.0 Å². The maximum Gasteiger partial charge on any atom is 0.250 e. The molecule has 40 heavy (non-hydrogen) atoms. The minimum atomic E-state index is -2.46. The Hall–Kier alpha value is -2.54. The molecule has 0 aliphatic carbocycles. The van der Waals surface area contributed by atoms with Crippen molar-refractivity contribution in [3.05, 3.63) is 92.1 Å². The van der Waals surface area contributed by atoms with Crippen LogP contribution in [0, 0.1) is 5.82 Å². The zero-order chi connectivity index (χ0) is 29.8. The summed E-state index contributed by atoms with van der Waals surface area (Å²) < 4.78 is 54.8. The molecule has 0 aliphatic rings. The lowest BCUT2D eigenvalue weighted by Crippen LogP contribution is -2.36. The fourth-order valence-electron chi connectivity index (χ4n) is 4.08. The average molecular weight is 609 g/mol. The van der Waals surface area contributed by atoms with Crippen LogP contribution in [0.2, 0.25) is 5.02 Å². The molecule has 0 amide bonds. The quantitative estimate of drug-likeness (QED) is 0.245. The van der Waals surface area contributed by atoms with Crippen molar-refractivity contribution in [2.24, 2.45) is 7.05 Å². The van der Waals surface area contributed by atoms with Crippen LogP contribution in [0.1, 0.15) is 67.2 Å². The van der Waals surface area contributed by atoms with Gasteiger partial charge in [0, 0.05) is 64.9 Å². The second kappa shape index (κ2) is 13.4. The highest BCUT2D eigenvalue weighted by molar-refractivity contribution is 7.84. The van der Waals surface area contributed by atoms with E-state index in [1.54, 1.807) is 19.3 Å². The maximum absolute atomic E-state index is 13.7. The van der Waals surface area contributed by atoms with Gasteiger partial charge in [0.25, 0.3) is 5.56 Å². The van der Waals surface area contributed by atoms with Gasteiger partial charge >= 0.3 is 0 Å². The largest absolute Gasteiger partial charge is 0.760 e. The molecule has 2 aromatic carbocycles. The fourth-order valence-corrected chi connectivity index (χ4v) is 5.51. The Morgan fingerprint density at radius 3 is 2.35 bits per heavy atom.